The SMILES string of the molecule is CCN1CCCC1C[N+]1(CC2CCCCC2)C(N)N=C(N)N(c2ccc(OC(F)(F)F)c(F)c2)C1N. The van der Waals surface area contributed by atoms with Gasteiger partial charge in [-0.3, -0.25) is 20.9 Å². The second-order valence-corrected chi connectivity index (χ2v) is 10.2. The van der Waals surface area contributed by atoms with E-state index in [0.717, 1.165) is 63.7 Å². The Morgan fingerprint density at radius 2 is 1.81 bits per heavy atom. The monoisotopic (exact) mass is 516 g/mol. The minimum absolute atomic E-state index is 0.00931. The Hall–Kier alpha value is -2.15. The van der Waals surface area contributed by atoms with Gasteiger partial charge < -0.3 is 10.5 Å². The zero-order chi connectivity index (χ0) is 26.1. The van der Waals surface area contributed by atoms with Crippen LogP contribution < -0.4 is 26.8 Å². The van der Waals surface area contributed by atoms with Crippen LogP contribution in [0.2, 0.25) is 0 Å². The average Bonchev–Trinajstić information content (AvgIpc) is 3.26. The fourth-order valence-electron chi connectivity index (χ4n) is 6.23. The molecule has 36 heavy (non-hydrogen) atoms. The molecule has 8 nitrogen and oxygen atoms in total. The van der Waals surface area contributed by atoms with Crippen molar-refractivity contribution in [1.29, 1.82) is 0 Å². The number of hydrogen-bond donors (Lipinski definition) is 3. The van der Waals surface area contributed by atoms with E-state index in [0.29, 0.717) is 19.0 Å². The largest absolute Gasteiger partial charge is 0.573 e. The van der Waals surface area contributed by atoms with Gasteiger partial charge in [0.2, 0.25) is 18.5 Å². The van der Waals surface area contributed by atoms with Gasteiger partial charge in [-0.1, -0.05) is 26.2 Å². The number of aliphatic imine (C=N–C) groups is 1. The van der Waals surface area contributed by atoms with Crippen LogP contribution in [0.5, 0.6) is 5.75 Å². The Morgan fingerprint density at radius 1 is 1.08 bits per heavy atom. The van der Waals surface area contributed by atoms with E-state index in [1.807, 2.05) is 0 Å². The Morgan fingerprint density at radius 3 is 2.44 bits per heavy atom. The molecule has 6 N–H and O–H groups in total. The molecular formula is C24H38F4N7O+. The van der Waals surface area contributed by atoms with Gasteiger partial charge in [0.25, 0.3) is 0 Å². The van der Waals surface area contributed by atoms with Gasteiger partial charge in [-0.05, 0) is 50.9 Å². The molecule has 1 aromatic rings. The molecule has 1 saturated heterocycles. The molecule has 3 aliphatic rings. The number of nitrogens with zero attached hydrogens (tertiary/aromatic N) is 4. The van der Waals surface area contributed by atoms with Gasteiger partial charge >= 0.3 is 6.36 Å². The van der Waals surface area contributed by atoms with Crippen molar-refractivity contribution in [3.05, 3.63) is 24.0 Å². The molecule has 4 rings (SSSR count). The molecular weight excluding hydrogens is 478 g/mol. The molecule has 2 aliphatic heterocycles. The highest BCUT2D eigenvalue weighted by atomic mass is 19.4. The fraction of sp³-hybridized carbons (Fsp3) is 0.708. The number of likely N-dealkylation sites (tertiary alicyclic amines) is 1. The van der Waals surface area contributed by atoms with E-state index in [1.165, 1.54) is 17.4 Å². The van der Waals surface area contributed by atoms with Gasteiger partial charge in [-0.25, -0.2) is 9.29 Å². The number of rotatable bonds is 7. The first-order valence-electron chi connectivity index (χ1n) is 12.8. The molecule has 0 radical (unpaired) electrons. The lowest BCUT2D eigenvalue weighted by atomic mass is 9.88. The maximum absolute atomic E-state index is 14.6. The van der Waals surface area contributed by atoms with Crippen LogP contribution in [0.3, 0.4) is 0 Å². The molecule has 1 aromatic carbocycles. The first-order chi connectivity index (χ1) is 17.0. The summed E-state index contributed by atoms with van der Waals surface area (Å²) in [5.41, 5.74) is 20.1. The van der Waals surface area contributed by atoms with Crippen molar-refractivity contribution >= 4 is 11.6 Å². The Labute approximate surface area is 209 Å². The summed E-state index contributed by atoms with van der Waals surface area (Å²) in [4.78, 5) is 8.48. The predicted molar refractivity (Wildman–Crippen MR) is 130 cm³/mol. The van der Waals surface area contributed by atoms with E-state index in [2.05, 4.69) is 21.6 Å². The molecule has 0 aromatic heterocycles. The number of ether oxygens (including phenoxy) is 1. The van der Waals surface area contributed by atoms with Gasteiger partial charge in [0.15, 0.2) is 11.6 Å². The number of alkyl halides is 3. The molecule has 4 atom stereocenters. The van der Waals surface area contributed by atoms with Crippen molar-refractivity contribution in [3.8, 4) is 5.75 Å². The molecule has 2 heterocycles. The summed E-state index contributed by atoms with van der Waals surface area (Å²) in [6.07, 6.45) is 1.31. The van der Waals surface area contributed by atoms with Crippen molar-refractivity contribution in [2.45, 2.75) is 76.9 Å². The molecule has 0 bridgehead atoms. The minimum Gasteiger partial charge on any atom is -0.403 e. The van der Waals surface area contributed by atoms with Crippen molar-refractivity contribution < 1.29 is 26.8 Å². The van der Waals surface area contributed by atoms with E-state index >= 15 is 0 Å². The van der Waals surface area contributed by atoms with Crippen LogP contribution in [0, 0.1) is 11.7 Å². The van der Waals surface area contributed by atoms with Crippen LogP contribution in [0.15, 0.2) is 23.2 Å². The summed E-state index contributed by atoms with van der Waals surface area (Å²) in [5, 5.41) is 0. The number of hydrogen-bond acceptors (Lipinski definition) is 7. The van der Waals surface area contributed by atoms with Crippen molar-refractivity contribution in [1.82, 2.24) is 4.90 Å². The number of nitrogens with two attached hydrogens (primary N) is 3. The van der Waals surface area contributed by atoms with Crippen molar-refractivity contribution in [2.24, 2.45) is 28.1 Å². The van der Waals surface area contributed by atoms with Crippen LogP contribution in [-0.2, 0) is 0 Å². The average molecular weight is 517 g/mol. The molecule has 4 unspecified atom stereocenters. The Kier molecular flexibility index (Phi) is 7.98. The van der Waals surface area contributed by atoms with Crippen LogP contribution in [0.25, 0.3) is 0 Å². The third kappa shape index (κ3) is 5.56. The second kappa shape index (κ2) is 10.7. The summed E-state index contributed by atoms with van der Waals surface area (Å²) in [6, 6.07) is 3.46. The quantitative estimate of drug-likeness (QED) is 0.380. The Balaban J connectivity index is 1.70. The van der Waals surface area contributed by atoms with Gasteiger partial charge in [-0.15, -0.1) is 13.2 Å². The van der Waals surface area contributed by atoms with Crippen LogP contribution in [0.1, 0.15) is 51.9 Å². The van der Waals surface area contributed by atoms with Gasteiger partial charge in [0.05, 0.1) is 24.8 Å². The van der Waals surface area contributed by atoms with Crippen LogP contribution >= 0.6 is 0 Å². The number of guanidine groups is 1. The fourth-order valence-corrected chi connectivity index (χ4v) is 6.23. The van der Waals surface area contributed by atoms with Gasteiger partial charge in [-0.2, -0.15) is 4.99 Å². The molecule has 1 aliphatic carbocycles. The first-order valence-corrected chi connectivity index (χ1v) is 12.8. The molecule has 0 spiro atoms. The summed E-state index contributed by atoms with van der Waals surface area (Å²) < 4.78 is 56.6. The number of halogens is 4. The third-order valence-electron chi connectivity index (χ3n) is 8.03. The van der Waals surface area contributed by atoms with E-state index < -0.39 is 30.5 Å². The third-order valence-corrected chi connectivity index (χ3v) is 8.03. The molecule has 1 saturated carbocycles. The second-order valence-electron chi connectivity index (χ2n) is 10.2. The van der Waals surface area contributed by atoms with Crippen LogP contribution in [-0.4, -0.2) is 66.5 Å². The van der Waals surface area contributed by atoms with Crippen molar-refractivity contribution in [2.75, 3.05) is 31.1 Å². The summed E-state index contributed by atoms with van der Waals surface area (Å²) in [6.45, 7) is 5.43. The van der Waals surface area contributed by atoms with E-state index in [-0.39, 0.29) is 22.2 Å². The number of likely N-dealkylation sites (N-methyl/N-ethyl adjacent to an activating group) is 1. The molecule has 202 valence electrons. The van der Waals surface area contributed by atoms with E-state index in [4.69, 9.17) is 17.2 Å². The molecule has 2 fully saturated rings. The minimum atomic E-state index is -5.00. The maximum Gasteiger partial charge on any atom is 0.573 e. The summed E-state index contributed by atoms with van der Waals surface area (Å²) >= 11 is 0. The van der Waals surface area contributed by atoms with E-state index in [9.17, 15) is 17.6 Å². The molecule has 0 amide bonds. The smallest absolute Gasteiger partial charge is 0.403 e. The predicted octanol–water partition coefficient (Wildman–Crippen LogP) is 3.23. The summed E-state index contributed by atoms with van der Waals surface area (Å²) in [5.74, 6) is -1.66. The van der Waals surface area contributed by atoms with Gasteiger partial charge in [0, 0.05) is 12.0 Å². The topological polar surface area (TPSA) is 106 Å². The maximum atomic E-state index is 14.6. The lowest BCUT2D eigenvalue weighted by Gasteiger charge is -2.54. The highest BCUT2D eigenvalue weighted by Crippen LogP contribution is 2.36. The van der Waals surface area contributed by atoms with Crippen LogP contribution in [0.4, 0.5) is 23.2 Å². The zero-order valence-electron chi connectivity index (χ0n) is 20.8. The standard InChI is InChI=1S/C24H38F4N7O/c1-2-33-12-6-9-18(33)15-35(14-16-7-4-3-5-8-16)22(30)32-21(29)34(23(35)31)17-10-11-20(19(25)13-17)36-24(26,27)28/h10-11,13,16,18,22-23H,2-9,12,14-15,30-31H2,1H3,(H2,29,32)/q+1. The highest BCUT2D eigenvalue weighted by molar-refractivity contribution is 5.95. The lowest BCUT2D eigenvalue weighted by molar-refractivity contribution is -0.977. The highest BCUT2D eigenvalue weighted by Gasteiger charge is 2.52. The van der Waals surface area contributed by atoms with E-state index in [1.54, 1.807) is 0 Å². The number of anilines is 1. The number of benzene rings is 1. The summed E-state index contributed by atoms with van der Waals surface area (Å²) in [7, 11) is 0. The normalized spacial score (nSPS) is 30.5. The zero-order valence-corrected chi connectivity index (χ0v) is 20.8. The number of quaternary nitrogens is 1. The van der Waals surface area contributed by atoms with Crippen molar-refractivity contribution in [3.63, 3.8) is 0 Å². The first kappa shape index (κ1) is 26.9. The lowest BCUT2D eigenvalue weighted by Crippen LogP contribution is -2.79. The molecule has 12 heteroatoms. The Bertz CT molecular complexity index is 940. The van der Waals surface area contributed by atoms with Gasteiger partial charge in [0.1, 0.15) is 0 Å².